The summed E-state index contributed by atoms with van der Waals surface area (Å²) in [5.74, 6) is -0.136. The molecule has 1 saturated heterocycles. The molecule has 7 unspecified atom stereocenters. The zero-order valence-electron chi connectivity index (χ0n) is 56.7. The molecule has 0 aromatic heterocycles. The molecule has 0 saturated carbocycles. The Morgan fingerprint density at radius 3 is 1.01 bits per heavy atom. The van der Waals surface area contributed by atoms with Crippen LogP contribution in [0.1, 0.15) is 399 Å². The number of carbonyl (C=O) groups is 1. The Labute approximate surface area is 528 Å². The number of unbranched alkanes of at least 4 members (excludes halogenated alkanes) is 54. The van der Waals surface area contributed by atoms with Crippen molar-refractivity contribution in [3.63, 3.8) is 0 Å². The summed E-state index contributed by atoms with van der Waals surface area (Å²) < 4.78 is 11.4. The second-order valence-electron chi connectivity index (χ2n) is 26.8. The molecule has 6 N–H and O–H groups in total. The molecule has 504 valence electrons. The van der Waals surface area contributed by atoms with Gasteiger partial charge in [0.2, 0.25) is 5.91 Å². The van der Waals surface area contributed by atoms with Gasteiger partial charge in [0.05, 0.1) is 25.4 Å². The Hall–Kier alpha value is -1.33. The largest absolute Gasteiger partial charge is 0.394 e. The highest BCUT2D eigenvalue weighted by Crippen LogP contribution is 2.24. The van der Waals surface area contributed by atoms with E-state index in [1.165, 1.54) is 327 Å². The third-order valence-corrected chi connectivity index (χ3v) is 18.6. The van der Waals surface area contributed by atoms with Crippen LogP contribution >= 0.6 is 0 Å². The molecule has 0 aliphatic carbocycles. The quantitative estimate of drug-likeness (QED) is 0.0261. The topological polar surface area (TPSA) is 149 Å². The van der Waals surface area contributed by atoms with E-state index in [9.17, 15) is 30.3 Å². The molecule has 1 aliphatic heterocycles. The number of rotatable bonds is 68. The molecular formula is C76H147NO8. The van der Waals surface area contributed by atoms with E-state index in [0.29, 0.717) is 12.8 Å². The van der Waals surface area contributed by atoms with E-state index >= 15 is 0 Å². The van der Waals surface area contributed by atoms with Crippen molar-refractivity contribution in [1.82, 2.24) is 5.32 Å². The van der Waals surface area contributed by atoms with Crippen LogP contribution in [0.25, 0.3) is 0 Å². The molecule has 0 bridgehead atoms. The average molecular weight is 1200 g/mol. The van der Waals surface area contributed by atoms with Crippen molar-refractivity contribution in [2.45, 2.75) is 442 Å². The van der Waals surface area contributed by atoms with Crippen LogP contribution in [-0.2, 0) is 14.3 Å². The Kier molecular flexibility index (Phi) is 63.1. The first kappa shape index (κ1) is 81.7. The van der Waals surface area contributed by atoms with Crippen molar-refractivity contribution in [2.75, 3.05) is 13.2 Å². The number of ether oxygens (including phenoxy) is 2. The molecule has 9 heteroatoms. The van der Waals surface area contributed by atoms with Gasteiger partial charge in [-0.1, -0.05) is 372 Å². The smallest absolute Gasteiger partial charge is 0.220 e. The minimum atomic E-state index is -1.55. The van der Waals surface area contributed by atoms with Gasteiger partial charge in [0.15, 0.2) is 6.29 Å². The Morgan fingerprint density at radius 1 is 0.400 bits per heavy atom. The Balaban J connectivity index is 2.05. The van der Waals surface area contributed by atoms with Crippen molar-refractivity contribution in [3.05, 3.63) is 24.3 Å². The highest BCUT2D eigenvalue weighted by molar-refractivity contribution is 5.76. The molecule has 85 heavy (non-hydrogen) atoms. The molecule has 0 aromatic carbocycles. The van der Waals surface area contributed by atoms with Crippen molar-refractivity contribution in [1.29, 1.82) is 0 Å². The number of carbonyl (C=O) groups excluding carboxylic acids is 1. The van der Waals surface area contributed by atoms with Gasteiger partial charge >= 0.3 is 0 Å². The monoisotopic (exact) mass is 1200 g/mol. The highest BCUT2D eigenvalue weighted by atomic mass is 16.7. The molecule has 0 radical (unpaired) electrons. The molecule has 0 aromatic rings. The van der Waals surface area contributed by atoms with Crippen molar-refractivity contribution in [3.8, 4) is 0 Å². The number of hydrogen-bond donors (Lipinski definition) is 6. The summed E-state index contributed by atoms with van der Waals surface area (Å²) in [6.07, 6.45) is 79.9. The molecular weight excluding hydrogens is 1050 g/mol. The van der Waals surface area contributed by atoms with Gasteiger partial charge in [-0.25, -0.2) is 0 Å². The number of aliphatic hydroxyl groups is 5. The lowest BCUT2D eigenvalue weighted by molar-refractivity contribution is -0.302. The number of hydrogen-bond acceptors (Lipinski definition) is 8. The summed E-state index contributed by atoms with van der Waals surface area (Å²) in [5.41, 5.74) is 0. The van der Waals surface area contributed by atoms with Crippen LogP contribution in [0.3, 0.4) is 0 Å². The standard InChI is InChI=1S/C76H147NO8/c1-3-5-7-9-11-13-15-17-19-21-23-25-27-28-29-30-31-32-33-34-35-36-37-38-39-40-41-42-44-46-48-50-52-54-56-58-60-62-64-66-72(80)77-69(68-84-76-75(83)74(82)73(81)71(67-78)85-76)70(79)65-63-61-59-57-55-53-51-49-47-45-43-26-24-22-20-18-16-14-12-10-8-6-4-2/h31-32,34-35,69-71,73-76,78-79,81-83H,3-30,33,36-68H2,1-2H3,(H,77,80)/b32-31-,35-34-. The van der Waals surface area contributed by atoms with E-state index in [2.05, 4.69) is 43.5 Å². The van der Waals surface area contributed by atoms with Crippen LogP contribution in [0.5, 0.6) is 0 Å². The zero-order valence-corrected chi connectivity index (χ0v) is 56.7. The lowest BCUT2D eigenvalue weighted by atomic mass is 9.99. The molecule has 9 nitrogen and oxygen atoms in total. The summed E-state index contributed by atoms with van der Waals surface area (Å²) in [6, 6.07) is -0.719. The van der Waals surface area contributed by atoms with Crippen molar-refractivity contribution < 1.29 is 39.8 Å². The number of nitrogens with one attached hydrogen (secondary N) is 1. The highest BCUT2D eigenvalue weighted by Gasteiger charge is 2.44. The van der Waals surface area contributed by atoms with E-state index in [1.807, 2.05) is 0 Å². The van der Waals surface area contributed by atoms with Crippen molar-refractivity contribution >= 4 is 5.91 Å². The first-order valence-corrected chi connectivity index (χ1v) is 38.0. The van der Waals surface area contributed by atoms with Gasteiger partial charge in [-0.05, 0) is 44.9 Å². The van der Waals surface area contributed by atoms with E-state index in [-0.39, 0.29) is 12.5 Å². The molecule has 1 heterocycles. The average Bonchev–Trinajstić information content (AvgIpc) is 3.66. The second kappa shape index (κ2) is 65.6. The summed E-state index contributed by atoms with van der Waals surface area (Å²) in [6.45, 7) is 3.90. The molecule has 1 amide bonds. The molecule has 1 fully saturated rings. The fraction of sp³-hybridized carbons (Fsp3) is 0.934. The zero-order chi connectivity index (χ0) is 61.4. The minimum Gasteiger partial charge on any atom is -0.394 e. The third kappa shape index (κ3) is 54.2. The minimum absolute atomic E-state index is 0.133. The fourth-order valence-electron chi connectivity index (χ4n) is 12.6. The predicted molar refractivity (Wildman–Crippen MR) is 364 cm³/mol. The van der Waals surface area contributed by atoms with Gasteiger partial charge in [-0.15, -0.1) is 0 Å². The van der Waals surface area contributed by atoms with Crippen LogP contribution in [-0.4, -0.2) is 87.5 Å². The van der Waals surface area contributed by atoms with Crippen LogP contribution in [0.4, 0.5) is 0 Å². The summed E-state index contributed by atoms with van der Waals surface area (Å²) in [4.78, 5) is 13.2. The van der Waals surface area contributed by atoms with Crippen LogP contribution < -0.4 is 5.32 Å². The fourth-order valence-corrected chi connectivity index (χ4v) is 12.6. The molecule has 1 rings (SSSR count). The van der Waals surface area contributed by atoms with Gasteiger partial charge in [-0.2, -0.15) is 0 Å². The molecule has 0 spiro atoms. The van der Waals surface area contributed by atoms with Gasteiger partial charge in [-0.3, -0.25) is 4.79 Å². The first-order chi connectivity index (χ1) is 41.8. The van der Waals surface area contributed by atoms with Gasteiger partial charge in [0.1, 0.15) is 24.4 Å². The Bertz CT molecular complexity index is 1390. The van der Waals surface area contributed by atoms with E-state index in [4.69, 9.17) is 9.47 Å². The van der Waals surface area contributed by atoms with Gasteiger partial charge < -0.3 is 40.3 Å². The molecule has 1 aliphatic rings. The second-order valence-corrected chi connectivity index (χ2v) is 26.8. The van der Waals surface area contributed by atoms with Crippen LogP contribution in [0.15, 0.2) is 24.3 Å². The lowest BCUT2D eigenvalue weighted by Crippen LogP contribution is -2.60. The maximum atomic E-state index is 13.2. The number of amides is 1. The van der Waals surface area contributed by atoms with E-state index in [0.717, 1.165) is 44.9 Å². The maximum absolute atomic E-state index is 13.2. The van der Waals surface area contributed by atoms with Gasteiger partial charge in [0, 0.05) is 6.42 Å². The van der Waals surface area contributed by atoms with Crippen LogP contribution in [0.2, 0.25) is 0 Å². The van der Waals surface area contributed by atoms with E-state index in [1.54, 1.807) is 0 Å². The SMILES string of the molecule is CCCCCCCCCCCCCCCCC/C=C\C/C=C\CCCCCCCCCCCCCCCCCCCC(=O)NC(COC1OC(CO)C(O)C(O)C1O)C(O)CCCCCCCCCCCCCCCCCCCCCCCCC. The van der Waals surface area contributed by atoms with Crippen molar-refractivity contribution in [2.24, 2.45) is 0 Å². The molecule has 7 atom stereocenters. The van der Waals surface area contributed by atoms with Crippen LogP contribution in [0, 0.1) is 0 Å². The maximum Gasteiger partial charge on any atom is 0.220 e. The first-order valence-electron chi connectivity index (χ1n) is 38.0. The lowest BCUT2D eigenvalue weighted by Gasteiger charge is -2.40. The number of aliphatic hydroxyl groups excluding tert-OH is 5. The summed E-state index contributed by atoms with van der Waals surface area (Å²) in [7, 11) is 0. The summed E-state index contributed by atoms with van der Waals surface area (Å²) >= 11 is 0. The summed E-state index contributed by atoms with van der Waals surface area (Å²) in [5, 5.41) is 55.0. The third-order valence-electron chi connectivity index (χ3n) is 18.6. The Morgan fingerprint density at radius 2 is 0.694 bits per heavy atom. The predicted octanol–water partition coefficient (Wildman–Crippen LogP) is 21.2. The number of allylic oxidation sites excluding steroid dienone is 4. The normalized spacial score (nSPS) is 18.1. The van der Waals surface area contributed by atoms with E-state index < -0.39 is 49.5 Å². The van der Waals surface area contributed by atoms with Gasteiger partial charge in [0.25, 0.3) is 0 Å².